The largest absolute Gasteiger partial charge is 0.465 e. The molecule has 33 heavy (non-hydrogen) atoms. The molecule has 0 aromatic carbocycles. The number of methoxy groups -OCH3 is 1. The molecule has 0 bridgehead atoms. The number of carbonyl (C=O) groups excluding carboxylic acids is 3. The van der Waals surface area contributed by atoms with E-state index < -0.39 is 35.3 Å². The Morgan fingerprint density at radius 2 is 1.91 bits per heavy atom. The molecule has 1 N–H and O–H groups in total. The molecular weight excluding hydrogens is 428 g/mol. The van der Waals surface area contributed by atoms with Gasteiger partial charge in [-0.3, -0.25) is 9.59 Å². The van der Waals surface area contributed by atoms with Gasteiger partial charge in [0.1, 0.15) is 6.10 Å². The predicted molar refractivity (Wildman–Crippen MR) is 116 cm³/mol. The van der Waals surface area contributed by atoms with Gasteiger partial charge in [-0.15, -0.1) is 0 Å². The van der Waals surface area contributed by atoms with Crippen LogP contribution in [0.25, 0.3) is 0 Å². The van der Waals surface area contributed by atoms with Gasteiger partial charge in [-0.2, -0.15) is 0 Å². The summed E-state index contributed by atoms with van der Waals surface area (Å²) in [6.45, 7) is 9.15. The monoisotopic (exact) mass is 464 g/mol. The lowest BCUT2D eigenvalue weighted by molar-refractivity contribution is -0.274. The summed E-state index contributed by atoms with van der Waals surface area (Å²) in [7, 11) is 1.55. The highest BCUT2D eigenvalue weighted by Crippen LogP contribution is 2.67. The average Bonchev–Trinajstić information content (AvgIpc) is 3.07. The number of fused-ring (bicyclic) bond motifs is 4. The Balaban J connectivity index is 1.83. The zero-order valence-corrected chi connectivity index (χ0v) is 20.4. The Morgan fingerprint density at radius 3 is 2.52 bits per heavy atom. The van der Waals surface area contributed by atoms with Crippen molar-refractivity contribution >= 4 is 17.9 Å². The Morgan fingerprint density at radius 1 is 1.21 bits per heavy atom. The number of aliphatic hydroxyl groups excluding tert-OH is 1. The van der Waals surface area contributed by atoms with Crippen molar-refractivity contribution in [3.8, 4) is 0 Å². The molecule has 0 spiro atoms. The minimum Gasteiger partial charge on any atom is -0.465 e. The SMILES string of the molecule is COC12CC3C(C(C)C1=CC(=O)O2)C(O)C(OC(C)=O)C1C(C)(COC(C)=O)CCCC31C. The molecule has 8 nitrogen and oxygen atoms in total. The lowest BCUT2D eigenvalue weighted by Gasteiger charge is -2.66. The van der Waals surface area contributed by atoms with E-state index in [0.717, 1.165) is 24.8 Å². The fraction of sp³-hybridized carbons (Fsp3) is 0.800. The fourth-order valence-corrected chi connectivity index (χ4v) is 7.90. The van der Waals surface area contributed by atoms with E-state index in [0.29, 0.717) is 6.42 Å². The van der Waals surface area contributed by atoms with Crippen molar-refractivity contribution in [2.45, 2.75) is 78.3 Å². The standard InChI is InChI=1S/C25H36O8/c1-13-16-10-18(28)33-25(16,30-6)11-17-19(13)20(29)21(32-15(3)27)22-23(4,12-31-14(2)26)8-7-9-24(17,22)5/h10,13,17,19-22,29H,7-9,11-12H2,1-6H3. The van der Waals surface area contributed by atoms with E-state index in [1.807, 2.05) is 6.92 Å². The Kier molecular flexibility index (Phi) is 5.93. The van der Waals surface area contributed by atoms with Gasteiger partial charge in [0.2, 0.25) is 5.79 Å². The Labute approximate surface area is 195 Å². The summed E-state index contributed by atoms with van der Waals surface area (Å²) in [5.74, 6) is -3.14. The summed E-state index contributed by atoms with van der Waals surface area (Å²) in [6, 6.07) is 0. The van der Waals surface area contributed by atoms with Crippen LogP contribution in [-0.2, 0) is 33.3 Å². The van der Waals surface area contributed by atoms with Gasteiger partial charge in [0.05, 0.1) is 12.7 Å². The zero-order valence-electron chi connectivity index (χ0n) is 20.4. The van der Waals surface area contributed by atoms with E-state index in [1.54, 1.807) is 7.11 Å². The first-order valence-electron chi connectivity index (χ1n) is 11.9. The van der Waals surface area contributed by atoms with Crippen LogP contribution in [0.15, 0.2) is 11.6 Å². The lowest BCUT2D eigenvalue weighted by Crippen LogP contribution is -2.68. The van der Waals surface area contributed by atoms with Crippen molar-refractivity contribution in [2.24, 2.45) is 34.5 Å². The van der Waals surface area contributed by atoms with Gasteiger partial charge in [-0.05, 0) is 36.0 Å². The molecule has 0 saturated heterocycles. The molecular formula is C25H36O8. The summed E-state index contributed by atoms with van der Waals surface area (Å²) < 4.78 is 22.9. The summed E-state index contributed by atoms with van der Waals surface area (Å²) in [4.78, 5) is 36.1. The number of rotatable bonds is 4. The first-order valence-corrected chi connectivity index (χ1v) is 11.9. The quantitative estimate of drug-likeness (QED) is 0.500. The van der Waals surface area contributed by atoms with E-state index in [4.69, 9.17) is 18.9 Å². The first-order chi connectivity index (χ1) is 15.4. The molecule has 3 aliphatic carbocycles. The molecule has 0 aromatic rings. The molecule has 8 heteroatoms. The summed E-state index contributed by atoms with van der Waals surface area (Å²) in [5, 5.41) is 11.7. The van der Waals surface area contributed by atoms with Crippen LogP contribution in [-0.4, -0.2) is 54.7 Å². The molecule has 4 rings (SSSR count). The number of esters is 3. The molecule has 1 heterocycles. The molecule has 9 atom stereocenters. The normalized spacial score (nSPS) is 46.3. The van der Waals surface area contributed by atoms with Crippen LogP contribution < -0.4 is 0 Å². The minimum atomic E-state index is -1.14. The third-order valence-corrected chi connectivity index (χ3v) is 9.07. The van der Waals surface area contributed by atoms with Gasteiger partial charge in [0.15, 0.2) is 0 Å². The summed E-state index contributed by atoms with van der Waals surface area (Å²) >= 11 is 0. The first kappa shape index (κ1) is 24.2. The maximum absolute atomic E-state index is 12.3. The minimum absolute atomic E-state index is 0.0562. The number of carbonyl (C=O) groups is 3. The van der Waals surface area contributed by atoms with Crippen molar-refractivity contribution in [3.63, 3.8) is 0 Å². The number of aliphatic hydroxyl groups is 1. The van der Waals surface area contributed by atoms with Gasteiger partial charge in [-0.1, -0.05) is 27.2 Å². The van der Waals surface area contributed by atoms with Crippen molar-refractivity contribution in [1.82, 2.24) is 0 Å². The predicted octanol–water partition coefficient (Wildman–Crippen LogP) is 2.77. The van der Waals surface area contributed by atoms with Crippen LogP contribution in [0.2, 0.25) is 0 Å². The Hall–Kier alpha value is -1.93. The molecule has 4 aliphatic rings. The molecule has 9 unspecified atom stereocenters. The van der Waals surface area contributed by atoms with Crippen LogP contribution in [0.4, 0.5) is 0 Å². The van der Waals surface area contributed by atoms with Gasteiger partial charge < -0.3 is 24.1 Å². The zero-order chi connectivity index (χ0) is 24.3. The smallest absolute Gasteiger partial charge is 0.333 e. The number of hydrogen-bond acceptors (Lipinski definition) is 8. The van der Waals surface area contributed by atoms with Crippen molar-refractivity contribution in [3.05, 3.63) is 11.6 Å². The van der Waals surface area contributed by atoms with Crippen LogP contribution in [0.5, 0.6) is 0 Å². The summed E-state index contributed by atoms with van der Waals surface area (Å²) in [5.41, 5.74) is -0.119. The second-order valence-electron chi connectivity index (χ2n) is 11.0. The van der Waals surface area contributed by atoms with Gasteiger partial charge in [0.25, 0.3) is 0 Å². The van der Waals surface area contributed by atoms with E-state index >= 15 is 0 Å². The summed E-state index contributed by atoms with van der Waals surface area (Å²) in [6.07, 6.45) is 2.79. The van der Waals surface area contributed by atoms with Crippen LogP contribution in [0, 0.1) is 34.5 Å². The van der Waals surface area contributed by atoms with Gasteiger partial charge in [0, 0.05) is 50.4 Å². The molecule has 0 amide bonds. The maximum Gasteiger partial charge on any atom is 0.333 e. The van der Waals surface area contributed by atoms with Crippen LogP contribution in [0.1, 0.15) is 60.3 Å². The van der Waals surface area contributed by atoms with Crippen LogP contribution >= 0.6 is 0 Å². The molecule has 3 saturated carbocycles. The third kappa shape index (κ3) is 3.60. The van der Waals surface area contributed by atoms with Gasteiger partial charge >= 0.3 is 17.9 Å². The highest BCUT2D eigenvalue weighted by atomic mass is 16.7. The maximum atomic E-state index is 12.3. The second-order valence-corrected chi connectivity index (χ2v) is 11.0. The topological polar surface area (TPSA) is 108 Å². The molecule has 0 aromatic heterocycles. The van der Waals surface area contributed by atoms with Gasteiger partial charge in [-0.25, -0.2) is 4.79 Å². The fourth-order valence-electron chi connectivity index (χ4n) is 7.90. The second kappa shape index (κ2) is 8.08. The molecule has 184 valence electrons. The van der Waals surface area contributed by atoms with Crippen molar-refractivity contribution < 1.29 is 38.4 Å². The number of ether oxygens (including phenoxy) is 4. The van der Waals surface area contributed by atoms with E-state index in [2.05, 4.69) is 13.8 Å². The molecule has 3 fully saturated rings. The highest BCUT2D eigenvalue weighted by molar-refractivity contribution is 5.86. The third-order valence-electron chi connectivity index (χ3n) is 9.07. The average molecular weight is 465 g/mol. The van der Waals surface area contributed by atoms with E-state index in [1.165, 1.54) is 19.9 Å². The lowest BCUT2D eigenvalue weighted by atomic mass is 9.41. The van der Waals surface area contributed by atoms with Crippen molar-refractivity contribution in [1.29, 1.82) is 0 Å². The van der Waals surface area contributed by atoms with Crippen LogP contribution in [0.3, 0.4) is 0 Å². The van der Waals surface area contributed by atoms with Crippen molar-refractivity contribution in [2.75, 3.05) is 13.7 Å². The number of hydrogen-bond donors (Lipinski definition) is 1. The molecule has 1 aliphatic heterocycles. The highest BCUT2D eigenvalue weighted by Gasteiger charge is 2.69. The Bertz CT molecular complexity index is 882. The van der Waals surface area contributed by atoms with E-state index in [9.17, 15) is 19.5 Å². The molecule has 0 radical (unpaired) electrons. The van der Waals surface area contributed by atoms with E-state index in [-0.39, 0.29) is 41.7 Å².